The van der Waals surface area contributed by atoms with Gasteiger partial charge in [0, 0.05) is 31.0 Å². The Hall–Kier alpha value is -3.60. The molecule has 1 aliphatic rings. The second-order valence-electron chi connectivity index (χ2n) is 8.90. The summed E-state index contributed by atoms with van der Waals surface area (Å²) in [6.07, 6.45) is 4.07. The van der Waals surface area contributed by atoms with Crippen molar-refractivity contribution in [3.8, 4) is 11.5 Å². The van der Waals surface area contributed by atoms with Crippen molar-refractivity contribution in [2.75, 3.05) is 7.11 Å². The van der Waals surface area contributed by atoms with E-state index >= 15 is 0 Å². The Bertz CT molecular complexity index is 1530. The fraction of sp³-hybridized carbons (Fsp3) is 0.458. The lowest BCUT2D eigenvalue weighted by Crippen LogP contribution is -2.40. The molecule has 0 amide bonds. The average Bonchev–Trinajstić information content (AvgIpc) is 3.59. The number of phenolic OH excluding ortho intramolecular Hbond substituents is 1. The number of imidazole rings is 1. The van der Waals surface area contributed by atoms with Crippen LogP contribution < -0.4 is 16.0 Å². The molecule has 190 valence electrons. The van der Waals surface area contributed by atoms with Gasteiger partial charge >= 0.3 is 5.69 Å². The van der Waals surface area contributed by atoms with Crippen molar-refractivity contribution in [3.63, 3.8) is 0 Å². The van der Waals surface area contributed by atoms with Gasteiger partial charge in [0.25, 0.3) is 5.56 Å². The maximum atomic E-state index is 13.1. The van der Waals surface area contributed by atoms with Gasteiger partial charge in [0.1, 0.15) is 0 Å². The largest absolute Gasteiger partial charge is 0.504 e. The van der Waals surface area contributed by atoms with E-state index in [0.29, 0.717) is 36.9 Å². The summed E-state index contributed by atoms with van der Waals surface area (Å²) in [6.45, 7) is 2.67. The zero-order valence-electron chi connectivity index (χ0n) is 20.1. The molecule has 1 unspecified atom stereocenters. The first-order chi connectivity index (χ1) is 17.4. The first-order valence-electron chi connectivity index (χ1n) is 12.0. The minimum Gasteiger partial charge on any atom is -0.504 e. The van der Waals surface area contributed by atoms with Crippen LogP contribution in [0.1, 0.15) is 61.4 Å². The molecule has 1 aromatic carbocycles. The van der Waals surface area contributed by atoms with Crippen LogP contribution in [0.3, 0.4) is 0 Å². The number of fused-ring (bicyclic) bond motifs is 2. The Morgan fingerprint density at radius 2 is 2.03 bits per heavy atom. The maximum absolute atomic E-state index is 13.1. The summed E-state index contributed by atoms with van der Waals surface area (Å²) in [5.41, 5.74) is 1.62. The van der Waals surface area contributed by atoms with E-state index in [1.54, 1.807) is 6.07 Å². The van der Waals surface area contributed by atoms with Crippen LogP contribution in [0.2, 0.25) is 5.28 Å². The number of aromatic hydroxyl groups is 1. The van der Waals surface area contributed by atoms with Crippen molar-refractivity contribution in [1.29, 1.82) is 0 Å². The van der Waals surface area contributed by atoms with Gasteiger partial charge in [-0.2, -0.15) is 9.97 Å². The molecule has 5 rings (SSSR count). The quantitative estimate of drug-likeness (QED) is 0.324. The number of phenols is 1. The maximum Gasteiger partial charge on any atom is 0.332 e. The van der Waals surface area contributed by atoms with Gasteiger partial charge in [-0.3, -0.25) is 13.9 Å². The molecule has 0 radical (unpaired) electrons. The number of methoxy groups -OCH3 is 1. The molecular weight excluding hydrogens is 488 g/mol. The number of aromatic amines is 1. The molecule has 2 N–H and O–H groups in total. The predicted molar refractivity (Wildman–Crippen MR) is 132 cm³/mol. The van der Waals surface area contributed by atoms with Gasteiger partial charge in [-0.15, -0.1) is 0 Å². The Labute approximate surface area is 210 Å². The molecule has 36 heavy (non-hydrogen) atoms. The van der Waals surface area contributed by atoms with Crippen LogP contribution in [0.25, 0.3) is 11.2 Å². The van der Waals surface area contributed by atoms with Gasteiger partial charge in [0.15, 0.2) is 28.5 Å². The van der Waals surface area contributed by atoms with Crippen LogP contribution in [0.4, 0.5) is 0 Å². The molecule has 11 nitrogen and oxygen atoms in total. The molecule has 0 aliphatic heterocycles. The van der Waals surface area contributed by atoms with Crippen molar-refractivity contribution >= 4 is 22.8 Å². The third kappa shape index (κ3) is 4.17. The third-order valence-electron chi connectivity index (χ3n) is 6.67. The molecule has 0 bridgehead atoms. The summed E-state index contributed by atoms with van der Waals surface area (Å²) in [6, 6.07) is 3.49. The lowest BCUT2D eigenvalue weighted by atomic mass is 10.00. The van der Waals surface area contributed by atoms with E-state index < -0.39 is 11.2 Å². The number of ether oxygens (including phenoxy) is 1. The zero-order valence-corrected chi connectivity index (χ0v) is 20.8. The van der Waals surface area contributed by atoms with Crippen molar-refractivity contribution in [3.05, 3.63) is 61.1 Å². The van der Waals surface area contributed by atoms with Gasteiger partial charge in [-0.1, -0.05) is 24.6 Å². The number of rotatable bonds is 9. The molecular formula is C24H27ClN6O5. The van der Waals surface area contributed by atoms with Crippen molar-refractivity contribution in [2.45, 2.75) is 64.5 Å². The number of nitrogens with zero attached hydrogens (tertiary/aromatic N) is 5. The summed E-state index contributed by atoms with van der Waals surface area (Å²) < 4.78 is 13.5. The number of nitrogens with one attached hydrogen (secondary N) is 1. The van der Waals surface area contributed by atoms with Crippen LogP contribution >= 0.6 is 11.6 Å². The van der Waals surface area contributed by atoms with Crippen molar-refractivity contribution in [2.24, 2.45) is 0 Å². The van der Waals surface area contributed by atoms with Crippen LogP contribution in [0.5, 0.6) is 11.5 Å². The number of halogens is 1. The van der Waals surface area contributed by atoms with E-state index in [1.807, 2.05) is 13.0 Å². The smallest absolute Gasteiger partial charge is 0.332 e. The van der Waals surface area contributed by atoms with Crippen LogP contribution in [-0.2, 0) is 25.9 Å². The van der Waals surface area contributed by atoms with Crippen molar-refractivity contribution in [1.82, 2.24) is 29.2 Å². The third-order valence-corrected chi connectivity index (χ3v) is 6.85. The molecule has 1 aliphatic carbocycles. The second kappa shape index (κ2) is 9.81. The molecule has 3 aromatic heterocycles. The van der Waals surface area contributed by atoms with E-state index in [-0.39, 0.29) is 34.7 Å². The number of benzene rings is 1. The lowest BCUT2D eigenvalue weighted by Gasteiger charge is -2.11. The van der Waals surface area contributed by atoms with Gasteiger partial charge in [-0.05, 0) is 48.9 Å². The van der Waals surface area contributed by atoms with E-state index in [2.05, 4.69) is 20.1 Å². The number of H-pyrrole nitrogens is 1. The van der Waals surface area contributed by atoms with Crippen LogP contribution in [-0.4, -0.2) is 41.5 Å². The molecule has 3 heterocycles. The SMILES string of the molecule is CCCCn1c(=O)n(CCCc2nc(C3CCc4c3ccc(O)c4OC)no2)c(=O)c2[nH]c(Cl)nc21. The van der Waals surface area contributed by atoms with Crippen LogP contribution in [0.15, 0.2) is 26.2 Å². The normalized spacial score (nSPS) is 15.0. The highest BCUT2D eigenvalue weighted by Gasteiger charge is 2.31. The first kappa shape index (κ1) is 24.1. The number of aryl methyl sites for hydroxylation is 2. The van der Waals surface area contributed by atoms with Gasteiger partial charge in [0.05, 0.1) is 7.11 Å². The minimum absolute atomic E-state index is 0.0482. The number of hydrogen-bond acceptors (Lipinski definition) is 8. The summed E-state index contributed by atoms with van der Waals surface area (Å²) in [5.74, 6) is 1.57. The minimum atomic E-state index is -0.451. The fourth-order valence-electron chi connectivity index (χ4n) is 4.91. The van der Waals surface area contributed by atoms with Crippen LogP contribution in [0, 0.1) is 0 Å². The molecule has 0 fully saturated rings. The Kier molecular flexibility index (Phi) is 6.57. The number of aromatic nitrogens is 6. The van der Waals surface area contributed by atoms with E-state index in [1.165, 1.54) is 16.2 Å². The van der Waals surface area contributed by atoms with Gasteiger partial charge in [-0.25, -0.2) is 4.79 Å². The lowest BCUT2D eigenvalue weighted by molar-refractivity contribution is 0.364. The predicted octanol–water partition coefficient (Wildman–Crippen LogP) is 3.15. The summed E-state index contributed by atoms with van der Waals surface area (Å²) in [4.78, 5) is 37.5. The van der Waals surface area contributed by atoms with Gasteiger partial charge < -0.3 is 19.4 Å². The number of unbranched alkanes of at least 4 members (excludes halogenated alkanes) is 1. The first-order valence-corrected chi connectivity index (χ1v) is 12.4. The molecule has 0 saturated carbocycles. The molecule has 0 saturated heterocycles. The second-order valence-corrected chi connectivity index (χ2v) is 9.26. The molecule has 12 heteroatoms. The zero-order chi connectivity index (χ0) is 25.4. The topological polar surface area (TPSA) is 141 Å². The van der Waals surface area contributed by atoms with Gasteiger partial charge in [0.2, 0.25) is 11.2 Å². The summed E-state index contributed by atoms with van der Waals surface area (Å²) in [5, 5.41) is 14.3. The van der Waals surface area contributed by atoms with E-state index in [9.17, 15) is 14.7 Å². The Balaban J connectivity index is 1.33. The standard InChI is InChI=1S/C24H27ClN6O5/c1-3-4-11-30-21-18(27-23(25)28-21)22(33)31(24(30)34)12-5-6-17-26-20(29-36-17)15-8-7-14-13(15)9-10-16(32)19(14)35-2/h9-10,15,32H,3-8,11-12H2,1-2H3,(H,27,28). The van der Waals surface area contributed by atoms with E-state index in [0.717, 1.165) is 36.8 Å². The summed E-state index contributed by atoms with van der Waals surface area (Å²) in [7, 11) is 1.54. The highest BCUT2D eigenvalue weighted by molar-refractivity contribution is 6.28. The Morgan fingerprint density at radius 1 is 1.22 bits per heavy atom. The monoisotopic (exact) mass is 514 g/mol. The molecule has 4 aromatic rings. The highest BCUT2D eigenvalue weighted by Crippen LogP contribution is 2.44. The highest BCUT2D eigenvalue weighted by atomic mass is 35.5. The molecule has 1 atom stereocenters. The van der Waals surface area contributed by atoms with Crippen molar-refractivity contribution < 1.29 is 14.4 Å². The summed E-state index contributed by atoms with van der Waals surface area (Å²) >= 11 is 5.99. The Morgan fingerprint density at radius 3 is 2.81 bits per heavy atom. The molecule has 0 spiro atoms. The fourth-order valence-corrected chi connectivity index (χ4v) is 5.08. The number of hydrogen-bond donors (Lipinski definition) is 2. The van der Waals surface area contributed by atoms with E-state index in [4.69, 9.17) is 20.9 Å². The average molecular weight is 515 g/mol.